The molecule has 2 atom stereocenters. The van der Waals surface area contributed by atoms with Crippen molar-refractivity contribution in [1.29, 1.82) is 5.26 Å². The zero-order chi connectivity index (χ0) is 18.4. The Labute approximate surface area is 147 Å². The van der Waals surface area contributed by atoms with Crippen LogP contribution in [0.3, 0.4) is 0 Å². The molecule has 0 unspecified atom stereocenters. The molecule has 0 aliphatic rings. The van der Waals surface area contributed by atoms with E-state index in [4.69, 9.17) is 10.00 Å². The smallest absolute Gasteiger partial charge is 0.340 e. The average molecular weight is 356 g/mol. The second kappa shape index (κ2) is 8.22. The van der Waals surface area contributed by atoms with Gasteiger partial charge < -0.3 is 10.1 Å². The minimum absolute atomic E-state index is 0.168. The summed E-state index contributed by atoms with van der Waals surface area (Å²) in [5.41, 5.74) is 1.13. The average Bonchev–Trinajstić information content (AvgIpc) is 2.62. The Bertz CT molecular complexity index is 856. The van der Waals surface area contributed by atoms with Crippen molar-refractivity contribution in [2.24, 2.45) is 0 Å². The van der Waals surface area contributed by atoms with Crippen molar-refractivity contribution >= 4 is 28.4 Å². The number of carbonyl (C=O) groups excluding carboxylic acids is 2. The first-order valence-corrected chi connectivity index (χ1v) is 8.92. The molecule has 0 aliphatic carbocycles. The van der Waals surface area contributed by atoms with Gasteiger partial charge in [0.05, 0.1) is 32.9 Å². The number of ether oxygens (including phenoxy) is 1. The SMILES string of the molecule is C[C@H](OC(=O)c1ccccc1[S@](C)=O)C(=O)Nc1ccc(C#N)cc1. The van der Waals surface area contributed by atoms with E-state index in [0.29, 0.717) is 16.1 Å². The highest BCUT2D eigenvalue weighted by Gasteiger charge is 2.21. The van der Waals surface area contributed by atoms with Crippen molar-refractivity contribution in [1.82, 2.24) is 0 Å². The van der Waals surface area contributed by atoms with E-state index < -0.39 is 28.8 Å². The lowest BCUT2D eigenvalue weighted by atomic mass is 10.2. The molecule has 25 heavy (non-hydrogen) atoms. The van der Waals surface area contributed by atoms with Gasteiger partial charge in [-0.05, 0) is 43.3 Å². The molecular weight excluding hydrogens is 340 g/mol. The highest BCUT2D eigenvalue weighted by molar-refractivity contribution is 7.84. The molecule has 1 N–H and O–H groups in total. The lowest BCUT2D eigenvalue weighted by Crippen LogP contribution is -2.30. The van der Waals surface area contributed by atoms with E-state index in [0.717, 1.165) is 0 Å². The number of nitriles is 1. The quantitative estimate of drug-likeness (QED) is 0.830. The Morgan fingerprint density at radius 3 is 2.40 bits per heavy atom. The fraction of sp³-hybridized carbons (Fsp3) is 0.167. The van der Waals surface area contributed by atoms with Crippen molar-refractivity contribution in [3.8, 4) is 6.07 Å². The molecule has 0 spiro atoms. The summed E-state index contributed by atoms with van der Waals surface area (Å²) in [5, 5.41) is 11.4. The van der Waals surface area contributed by atoms with Crippen molar-refractivity contribution in [2.75, 3.05) is 11.6 Å². The molecule has 7 heteroatoms. The Kier molecular flexibility index (Phi) is 6.03. The number of amides is 1. The Balaban J connectivity index is 2.04. The van der Waals surface area contributed by atoms with Crippen LogP contribution in [0.4, 0.5) is 5.69 Å². The Hall–Kier alpha value is -2.98. The first-order valence-electron chi connectivity index (χ1n) is 7.37. The van der Waals surface area contributed by atoms with Crippen LogP contribution in [0.15, 0.2) is 53.4 Å². The predicted molar refractivity (Wildman–Crippen MR) is 93.4 cm³/mol. The number of nitrogens with one attached hydrogen (secondary N) is 1. The van der Waals surface area contributed by atoms with Gasteiger partial charge >= 0.3 is 5.97 Å². The predicted octanol–water partition coefficient (Wildman–Crippen LogP) is 2.48. The molecule has 2 rings (SSSR count). The maximum Gasteiger partial charge on any atom is 0.340 e. The van der Waals surface area contributed by atoms with Crippen molar-refractivity contribution in [3.05, 3.63) is 59.7 Å². The van der Waals surface area contributed by atoms with Crippen LogP contribution >= 0.6 is 0 Å². The van der Waals surface area contributed by atoms with Crippen LogP contribution in [0.25, 0.3) is 0 Å². The highest BCUT2D eigenvalue weighted by atomic mass is 32.2. The summed E-state index contributed by atoms with van der Waals surface area (Å²) < 4.78 is 16.9. The molecule has 0 saturated carbocycles. The normalized spacial score (nSPS) is 12.5. The third-order valence-electron chi connectivity index (χ3n) is 3.35. The number of anilines is 1. The van der Waals surface area contributed by atoms with Crippen LogP contribution in [0.5, 0.6) is 0 Å². The maximum atomic E-state index is 12.2. The van der Waals surface area contributed by atoms with Crippen LogP contribution in [-0.4, -0.2) is 28.4 Å². The van der Waals surface area contributed by atoms with E-state index in [1.165, 1.54) is 19.2 Å². The molecule has 0 radical (unpaired) electrons. The molecule has 128 valence electrons. The van der Waals surface area contributed by atoms with E-state index >= 15 is 0 Å². The van der Waals surface area contributed by atoms with Gasteiger partial charge in [-0.15, -0.1) is 0 Å². The third kappa shape index (κ3) is 4.75. The molecule has 0 aromatic heterocycles. The lowest BCUT2D eigenvalue weighted by Gasteiger charge is -2.14. The molecule has 0 heterocycles. The summed E-state index contributed by atoms with van der Waals surface area (Å²) in [6.45, 7) is 1.45. The molecule has 0 fully saturated rings. The van der Waals surface area contributed by atoms with Crippen molar-refractivity contribution in [2.45, 2.75) is 17.9 Å². The van der Waals surface area contributed by atoms with Gasteiger partial charge in [0.15, 0.2) is 6.10 Å². The van der Waals surface area contributed by atoms with Gasteiger partial charge in [0.25, 0.3) is 5.91 Å². The van der Waals surface area contributed by atoms with Gasteiger partial charge in [-0.2, -0.15) is 5.26 Å². The third-order valence-corrected chi connectivity index (χ3v) is 4.33. The summed E-state index contributed by atoms with van der Waals surface area (Å²) in [6, 6.07) is 14.7. The van der Waals surface area contributed by atoms with Gasteiger partial charge in [0.2, 0.25) is 0 Å². The van der Waals surface area contributed by atoms with E-state index in [1.807, 2.05) is 6.07 Å². The number of hydrogen-bond donors (Lipinski definition) is 1. The van der Waals surface area contributed by atoms with Crippen LogP contribution < -0.4 is 5.32 Å². The van der Waals surface area contributed by atoms with Crippen LogP contribution in [0.2, 0.25) is 0 Å². The zero-order valence-electron chi connectivity index (χ0n) is 13.7. The molecule has 2 aromatic carbocycles. The van der Waals surface area contributed by atoms with Crippen LogP contribution in [0, 0.1) is 11.3 Å². The zero-order valence-corrected chi connectivity index (χ0v) is 14.5. The second-order valence-electron chi connectivity index (χ2n) is 5.18. The second-order valence-corrected chi connectivity index (χ2v) is 6.52. The van der Waals surface area contributed by atoms with Gasteiger partial charge in [-0.1, -0.05) is 12.1 Å². The summed E-state index contributed by atoms with van der Waals surface area (Å²) in [7, 11) is -1.35. The molecule has 2 aromatic rings. The highest BCUT2D eigenvalue weighted by Crippen LogP contribution is 2.15. The summed E-state index contributed by atoms with van der Waals surface area (Å²) in [6.07, 6.45) is 0.425. The molecule has 0 bridgehead atoms. The number of rotatable bonds is 5. The number of carbonyl (C=O) groups is 2. The summed E-state index contributed by atoms with van der Waals surface area (Å²) in [5.74, 6) is -1.22. The minimum atomic E-state index is -1.35. The number of benzene rings is 2. The van der Waals surface area contributed by atoms with Crippen LogP contribution in [0.1, 0.15) is 22.8 Å². The molecule has 6 nitrogen and oxygen atoms in total. The van der Waals surface area contributed by atoms with Crippen molar-refractivity contribution < 1.29 is 18.5 Å². The topological polar surface area (TPSA) is 96.3 Å². The van der Waals surface area contributed by atoms with E-state index in [-0.39, 0.29) is 5.56 Å². The largest absolute Gasteiger partial charge is 0.449 e. The molecule has 0 saturated heterocycles. The van der Waals surface area contributed by atoms with Crippen LogP contribution in [-0.2, 0) is 20.3 Å². The van der Waals surface area contributed by atoms with Gasteiger partial charge in [0.1, 0.15) is 0 Å². The number of esters is 1. The van der Waals surface area contributed by atoms with E-state index in [1.54, 1.807) is 42.5 Å². The fourth-order valence-corrected chi connectivity index (χ4v) is 2.77. The fourth-order valence-electron chi connectivity index (χ4n) is 2.04. The number of nitrogens with zero attached hydrogens (tertiary/aromatic N) is 1. The molecular formula is C18H16N2O4S. The first kappa shape index (κ1) is 18.4. The summed E-state index contributed by atoms with van der Waals surface area (Å²) in [4.78, 5) is 24.7. The Morgan fingerprint density at radius 2 is 1.80 bits per heavy atom. The van der Waals surface area contributed by atoms with Gasteiger partial charge in [-0.3, -0.25) is 9.00 Å². The lowest BCUT2D eigenvalue weighted by molar-refractivity contribution is -0.123. The van der Waals surface area contributed by atoms with Gasteiger partial charge in [-0.25, -0.2) is 4.79 Å². The minimum Gasteiger partial charge on any atom is -0.449 e. The standard InChI is InChI=1S/C18H16N2O4S/c1-12(17(21)20-14-9-7-13(11-19)8-10-14)24-18(22)15-5-3-4-6-16(15)25(2)23/h3-10,12H,1-2H3,(H,20,21)/t12-,25-/m0/s1. The monoisotopic (exact) mass is 356 g/mol. The molecule has 0 aliphatic heterocycles. The van der Waals surface area contributed by atoms with E-state index in [2.05, 4.69) is 5.32 Å². The van der Waals surface area contributed by atoms with Crippen molar-refractivity contribution in [3.63, 3.8) is 0 Å². The Morgan fingerprint density at radius 1 is 1.16 bits per heavy atom. The maximum absolute atomic E-state index is 12.2. The summed E-state index contributed by atoms with van der Waals surface area (Å²) >= 11 is 0. The van der Waals surface area contributed by atoms with Gasteiger partial charge in [0, 0.05) is 11.9 Å². The first-order chi connectivity index (χ1) is 11.9. The molecule has 1 amide bonds. The van der Waals surface area contributed by atoms with E-state index in [9.17, 15) is 13.8 Å². The number of hydrogen-bond acceptors (Lipinski definition) is 5.